The van der Waals surface area contributed by atoms with Crippen molar-refractivity contribution < 1.29 is 75.9 Å². The van der Waals surface area contributed by atoms with E-state index in [0.29, 0.717) is 164 Å². The molecule has 16 nitrogen and oxygen atoms in total. The van der Waals surface area contributed by atoms with Crippen molar-refractivity contribution in [2.24, 2.45) is 0 Å². The number of methoxy groups -OCH3 is 1. The van der Waals surface area contributed by atoms with Crippen molar-refractivity contribution in [3.63, 3.8) is 0 Å². The summed E-state index contributed by atoms with van der Waals surface area (Å²) >= 11 is 0. The van der Waals surface area contributed by atoms with Crippen molar-refractivity contribution >= 4 is 11.9 Å². The molecule has 284 valence electrons. The molecule has 0 heterocycles. The second kappa shape index (κ2) is 39.6. The molecular weight excluding hydrogens is 640 g/mol. The van der Waals surface area contributed by atoms with Gasteiger partial charge in [-0.1, -0.05) is 6.58 Å². The van der Waals surface area contributed by atoms with Crippen LogP contribution in [0.3, 0.4) is 0 Å². The molecule has 0 aliphatic rings. The summed E-state index contributed by atoms with van der Waals surface area (Å²) in [6, 6.07) is 0. The summed E-state index contributed by atoms with van der Waals surface area (Å²) in [5.74, 6) is -0.707. The summed E-state index contributed by atoms with van der Waals surface area (Å²) < 4.78 is 74.3. The van der Waals surface area contributed by atoms with Gasteiger partial charge in [-0.15, -0.1) is 0 Å². The first-order valence-corrected chi connectivity index (χ1v) is 16.4. The number of ether oxygens (including phenoxy) is 14. The monoisotopic (exact) mass is 700 g/mol. The topological polar surface area (TPSA) is 163 Å². The van der Waals surface area contributed by atoms with Crippen LogP contribution in [0.4, 0.5) is 0 Å². The average Bonchev–Trinajstić information content (AvgIpc) is 3.08. The number of carbonyl (C=O) groups is 2. The number of hydrogen-bond donors (Lipinski definition) is 0. The summed E-state index contributed by atoms with van der Waals surface area (Å²) in [6.07, 6.45) is 0.240. The van der Waals surface area contributed by atoms with Crippen molar-refractivity contribution in [3.05, 3.63) is 12.2 Å². The molecule has 0 atom stereocenters. The third-order valence-electron chi connectivity index (χ3n) is 5.58. The maximum absolute atomic E-state index is 11.2. The van der Waals surface area contributed by atoms with Crippen LogP contribution >= 0.6 is 0 Å². The molecule has 0 aromatic carbocycles. The molecule has 0 spiro atoms. The fourth-order valence-electron chi connectivity index (χ4n) is 3.10. The zero-order chi connectivity index (χ0) is 35.0. The molecule has 0 N–H and O–H groups in total. The van der Waals surface area contributed by atoms with E-state index in [4.69, 9.17) is 61.6 Å². The molecule has 48 heavy (non-hydrogen) atoms. The van der Waals surface area contributed by atoms with Gasteiger partial charge in [0.25, 0.3) is 0 Å². The highest BCUT2D eigenvalue weighted by molar-refractivity contribution is 5.86. The SMILES string of the molecule is C=C(C)C(=O)OCCOCCOCCOCCOCCOCCOCCOCCOCCOCCOCCOCCOCCC(=O)OC. The molecule has 16 heteroatoms. The Hall–Kier alpha value is -1.80. The smallest absolute Gasteiger partial charge is 0.333 e. The normalized spacial score (nSPS) is 11.2. The molecule has 0 aliphatic carbocycles. The van der Waals surface area contributed by atoms with E-state index in [9.17, 15) is 9.59 Å². The zero-order valence-electron chi connectivity index (χ0n) is 29.1. The van der Waals surface area contributed by atoms with Gasteiger partial charge in [-0.2, -0.15) is 0 Å². The van der Waals surface area contributed by atoms with Crippen molar-refractivity contribution in [1.82, 2.24) is 0 Å². The van der Waals surface area contributed by atoms with Gasteiger partial charge >= 0.3 is 11.9 Å². The van der Waals surface area contributed by atoms with Gasteiger partial charge in [0.05, 0.1) is 172 Å². The van der Waals surface area contributed by atoms with Gasteiger partial charge < -0.3 is 66.3 Å². The van der Waals surface area contributed by atoms with E-state index in [-0.39, 0.29) is 19.0 Å². The highest BCUT2D eigenvalue weighted by Crippen LogP contribution is 1.92. The van der Waals surface area contributed by atoms with E-state index in [1.54, 1.807) is 6.92 Å². The van der Waals surface area contributed by atoms with E-state index in [0.717, 1.165) is 0 Å². The second-order valence-corrected chi connectivity index (χ2v) is 9.59. The Morgan fingerprint density at radius 3 is 0.792 bits per heavy atom. The number of carbonyl (C=O) groups excluding carboxylic acids is 2. The Bertz CT molecular complexity index is 712. The summed E-state index contributed by atoms with van der Waals surface area (Å²) in [4.78, 5) is 22.1. The van der Waals surface area contributed by atoms with Gasteiger partial charge in [0.1, 0.15) is 6.61 Å². The summed E-state index contributed by atoms with van der Waals surface area (Å²) in [7, 11) is 1.35. The van der Waals surface area contributed by atoms with Crippen LogP contribution in [0.2, 0.25) is 0 Å². The molecule has 0 aliphatic heterocycles. The predicted molar refractivity (Wildman–Crippen MR) is 172 cm³/mol. The van der Waals surface area contributed by atoms with Crippen molar-refractivity contribution in [1.29, 1.82) is 0 Å². The minimum absolute atomic E-state index is 0.194. The van der Waals surface area contributed by atoms with Gasteiger partial charge in [0, 0.05) is 5.57 Å². The lowest BCUT2D eigenvalue weighted by Crippen LogP contribution is -2.16. The van der Waals surface area contributed by atoms with Crippen LogP contribution in [0.5, 0.6) is 0 Å². The number of hydrogen-bond acceptors (Lipinski definition) is 16. The van der Waals surface area contributed by atoms with Crippen molar-refractivity contribution in [2.45, 2.75) is 13.3 Å². The lowest BCUT2D eigenvalue weighted by atomic mass is 10.4. The third-order valence-corrected chi connectivity index (χ3v) is 5.58. The van der Waals surface area contributed by atoms with Gasteiger partial charge in [-0.25, -0.2) is 4.79 Å². The van der Waals surface area contributed by atoms with E-state index in [1.165, 1.54) is 7.11 Å². The Labute approximate surface area is 285 Å². The van der Waals surface area contributed by atoms with Crippen LogP contribution in [-0.4, -0.2) is 184 Å². The van der Waals surface area contributed by atoms with Crippen molar-refractivity contribution in [3.8, 4) is 0 Å². The molecule has 0 fully saturated rings. The molecule has 0 saturated heterocycles. The van der Waals surface area contributed by atoms with Crippen LogP contribution in [0.15, 0.2) is 12.2 Å². The second-order valence-electron chi connectivity index (χ2n) is 9.59. The molecule has 0 bridgehead atoms. The van der Waals surface area contributed by atoms with Crippen LogP contribution < -0.4 is 0 Å². The number of esters is 2. The molecule has 0 radical (unpaired) electrons. The molecule has 0 aromatic heterocycles. The first kappa shape index (κ1) is 46.2. The van der Waals surface area contributed by atoms with Crippen molar-refractivity contribution in [2.75, 3.05) is 172 Å². The van der Waals surface area contributed by atoms with Crippen LogP contribution in [0, 0.1) is 0 Å². The summed E-state index contributed by atoms with van der Waals surface area (Å²) in [6.45, 7) is 16.3. The molecular formula is C32H60O16. The Morgan fingerprint density at radius 2 is 0.583 bits per heavy atom. The minimum atomic E-state index is -0.417. The Kier molecular flexibility index (Phi) is 38.2. The molecule has 0 aromatic rings. The lowest BCUT2D eigenvalue weighted by molar-refractivity contribution is -0.142. The van der Waals surface area contributed by atoms with Gasteiger partial charge in [0.15, 0.2) is 0 Å². The number of rotatable bonds is 40. The van der Waals surface area contributed by atoms with E-state index >= 15 is 0 Å². The average molecular weight is 701 g/mol. The highest BCUT2D eigenvalue weighted by Gasteiger charge is 2.02. The maximum atomic E-state index is 11.2. The zero-order valence-corrected chi connectivity index (χ0v) is 29.1. The fourth-order valence-corrected chi connectivity index (χ4v) is 3.10. The fraction of sp³-hybridized carbons (Fsp3) is 0.875. The predicted octanol–water partition coefficient (Wildman–Crippen LogP) is 0.868. The first-order chi connectivity index (χ1) is 23.6. The molecule has 0 amide bonds. The Balaban J connectivity index is 3.08. The minimum Gasteiger partial charge on any atom is -0.469 e. The lowest BCUT2D eigenvalue weighted by Gasteiger charge is -2.09. The molecule has 0 unspecified atom stereocenters. The maximum Gasteiger partial charge on any atom is 0.333 e. The van der Waals surface area contributed by atoms with Gasteiger partial charge in [-0.3, -0.25) is 4.79 Å². The third kappa shape index (κ3) is 38.6. The molecule has 0 saturated carbocycles. The van der Waals surface area contributed by atoms with Gasteiger partial charge in [0.2, 0.25) is 0 Å². The van der Waals surface area contributed by atoms with E-state index in [1.807, 2.05) is 0 Å². The van der Waals surface area contributed by atoms with E-state index < -0.39 is 5.97 Å². The highest BCUT2D eigenvalue weighted by atomic mass is 16.6. The standard InChI is InChI=1S/C32H60O16/c1-30(2)32(34)48-29-28-47-27-26-46-25-24-45-23-22-44-21-20-43-19-18-42-17-16-41-15-14-40-13-12-39-11-10-38-9-8-37-7-6-36-5-4-31(33)35-3/h1,4-29H2,2-3H3. The summed E-state index contributed by atoms with van der Waals surface area (Å²) in [5, 5.41) is 0. The van der Waals surface area contributed by atoms with E-state index in [2.05, 4.69) is 11.3 Å². The summed E-state index contributed by atoms with van der Waals surface area (Å²) in [5.41, 5.74) is 0.366. The largest absolute Gasteiger partial charge is 0.469 e. The van der Waals surface area contributed by atoms with Crippen LogP contribution in [0.25, 0.3) is 0 Å². The molecule has 0 rings (SSSR count). The Morgan fingerprint density at radius 1 is 0.375 bits per heavy atom. The quantitative estimate of drug-likeness (QED) is 0.0502. The van der Waals surface area contributed by atoms with Gasteiger partial charge in [-0.05, 0) is 6.92 Å². The first-order valence-electron chi connectivity index (χ1n) is 16.4. The van der Waals surface area contributed by atoms with Crippen LogP contribution in [-0.2, 0) is 75.9 Å². The van der Waals surface area contributed by atoms with Crippen LogP contribution in [0.1, 0.15) is 13.3 Å².